The standard InChI is InChI=1S/C14H20BrFN2.ClH/c1-2-3-14(18-8-6-17-7-9-18)12-5-4-11(16)10-13(12)15;/h4-5,10,14,17H,2-3,6-9H2,1H3;1H/t14-;/m0./s1. The van der Waals surface area contributed by atoms with E-state index in [1.54, 1.807) is 12.1 Å². The van der Waals surface area contributed by atoms with Crippen molar-refractivity contribution in [2.75, 3.05) is 26.2 Å². The maximum Gasteiger partial charge on any atom is 0.124 e. The largest absolute Gasteiger partial charge is 0.314 e. The summed E-state index contributed by atoms with van der Waals surface area (Å²) in [6, 6.07) is 5.44. The lowest BCUT2D eigenvalue weighted by Crippen LogP contribution is -2.45. The molecule has 0 amide bonds. The highest BCUT2D eigenvalue weighted by Crippen LogP contribution is 2.32. The molecule has 1 aromatic rings. The number of nitrogens with one attached hydrogen (secondary N) is 1. The zero-order valence-corrected chi connectivity index (χ0v) is 13.6. The van der Waals surface area contributed by atoms with E-state index < -0.39 is 0 Å². The number of hydrogen-bond acceptors (Lipinski definition) is 2. The lowest BCUT2D eigenvalue weighted by molar-refractivity contribution is 0.164. The molecule has 1 atom stereocenters. The summed E-state index contributed by atoms with van der Waals surface area (Å²) in [5.74, 6) is -0.179. The van der Waals surface area contributed by atoms with Gasteiger partial charge in [0.05, 0.1) is 0 Å². The van der Waals surface area contributed by atoms with Gasteiger partial charge in [0, 0.05) is 36.7 Å². The van der Waals surface area contributed by atoms with Crippen LogP contribution in [0.2, 0.25) is 0 Å². The van der Waals surface area contributed by atoms with Crippen molar-refractivity contribution in [2.24, 2.45) is 0 Å². The Kier molecular flexibility index (Phi) is 7.29. The van der Waals surface area contributed by atoms with Gasteiger partial charge in [-0.2, -0.15) is 0 Å². The van der Waals surface area contributed by atoms with Gasteiger partial charge in [0.1, 0.15) is 5.82 Å². The van der Waals surface area contributed by atoms with Crippen LogP contribution in [0.3, 0.4) is 0 Å². The molecule has 1 fully saturated rings. The maximum absolute atomic E-state index is 13.2. The molecule has 0 unspecified atom stereocenters. The van der Waals surface area contributed by atoms with E-state index in [1.807, 2.05) is 6.07 Å². The van der Waals surface area contributed by atoms with Crippen LogP contribution in [-0.4, -0.2) is 31.1 Å². The van der Waals surface area contributed by atoms with Crippen LogP contribution in [0.15, 0.2) is 22.7 Å². The molecule has 0 saturated carbocycles. The Morgan fingerprint density at radius 1 is 1.37 bits per heavy atom. The molecule has 0 spiro atoms. The highest BCUT2D eigenvalue weighted by atomic mass is 79.9. The molecule has 0 aliphatic carbocycles. The van der Waals surface area contributed by atoms with E-state index in [1.165, 1.54) is 5.56 Å². The van der Waals surface area contributed by atoms with Crippen molar-refractivity contribution in [1.82, 2.24) is 10.2 Å². The zero-order valence-electron chi connectivity index (χ0n) is 11.2. The molecule has 1 saturated heterocycles. The molecule has 0 bridgehead atoms. The SMILES string of the molecule is CCC[C@@H](c1ccc(F)cc1Br)N1CCNCC1.Cl. The van der Waals surface area contributed by atoms with Gasteiger partial charge in [-0.05, 0) is 24.1 Å². The van der Waals surface area contributed by atoms with Gasteiger partial charge in [0.2, 0.25) is 0 Å². The van der Waals surface area contributed by atoms with Gasteiger partial charge in [-0.15, -0.1) is 12.4 Å². The van der Waals surface area contributed by atoms with E-state index in [4.69, 9.17) is 0 Å². The summed E-state index contributed by atoms with van der Waals surface area (Å²) in [7, 11) is 0. The van der Waals surface area contributed by atoms with Crippen LogP contribution in [0.25, 0.3) is 0 Å². The normalized spacial score (nSPS) is 17.8. The minimum Gasteiger partial charge on any atom is -0.314 e. The van der Waals surface area contributed by atoms with Gasteiger partial charge in [0.15, 0.2) is 0 Å². The molecule has 1 heterocycles. The third-order valence-electron chi connectivity index (χ3n) is 3.48. The van der Waals surface area contributed by atoms with Gasteiger partial charge in [-0.25, -0.2) is 4.39 Å². The predicted molar refractivity (Wildman–Crippen MR) is 83.4 cm³/mol. The predicted octanol–water partition coefficient (Wildman–Crippen LogP) is 3.76. The lowest BCUT2D eigenvalue weighted by atomic mass is 10.00. The van der Waals surface area contributed by atoms with Gasteiger partial charge >= 0.3 is 0 Å². The quantitative estimate of drug-likeness (QED) is 0.888. The lowest BCUT2D eigenvalue weighted by Gasteiger charge is -2.35. The first-order chi connectivity index (χ1) is 8.72. The topological polar surface area (TPSA) is 15.3 Å². The summed E-state index contributed by atoms with van der Waals surface area (Å²) in [5.41, 5.74) is 1.21. The molecule has 1 aliphatic rings. The third kappa shape index (κ3) is 4.42. The second-order valence-corrected chi connectivity index (χ2v) is 5.61. The van der Waals surface area contributed by atoms with Crippen LogP contribution in [0.4, 0.5) is 4.39 Å². The first-order valence-electron chi connectivity index (χ1n) is 6.62. The summed E-state index contributed by atoms with van der Waals surface area (Å²) in [6.45, 7) is 6.41. The van der Waals surface area contributed by atoms with Crippen LogP contribution < -0.4 is 5.32 Å². The van der Waals surface area contributed by atoms with Gasteiger partial charge in [-0.1, -0.05) is 35.3 Å². The van der Waals surface area contributed by atoms with Crippen molar-refractivity contribution >= 4 is 28.3 Å². The Balaban J connectivity index is 0.00000180. The average molecular weight is 352 g/mol. The van der Waals surface area contributed by atoms with E-state index in [9.17, 15) is 4.39 Å². The van der Waals surface area contributed by atoms with E-state index in [0.29, 0.717) is 6.04 Å². The van der Waals surface area contributed by atoms with Gasteiger partial charge < -0.3 is 5.32 Å². The average Bonchev–Trinajstić information content (AvgIpc) is 2.38. The fourth-order valence-corrected chi connectivity index (χ4v) is 3.19. The number of hydrogen-bond donors (Lipinski definition) is 1. The van der Waals surface area contributed by atoms with Crippen LogP contribution in [0.1, 0.15) is 31.4 Å². The van der Waals surface area contributed by atoms with Crippen molar-refractivity contribution in [3.8, 4) is 0 Å². The third-order valence-corrected chi connectivity index (χ3v) is 4.16. The van der Waals surface area contributed by atoms with E-state index in [-0.39, 0.29) is 18.2 Å². The fraction of sp³-hybridized carbons (Fsp3) is 0.571. The molecule has 108 valence electrons. The van der Waals surface area contributed by atoms with Crippen molar-refractivity contribution in [1.29, 1.82) is 0 Å². The van der Waals surface area contributed by atoms with Crippen molar-refractivity contribution in [3.05, 3.63) is 34.1 Å². The smallest absolute Gasteiger partial charge is 0.124 e. The number of piperazine rings is 1. The first-order valence-corrected chi connectivity index (χ1v) is 7.41. The van der Waals surface area contributed by atoms with Gasteiger partial charge in [-0.3, -0.25) is 4.90 Å². The highest BCUT2D eigenvalue weighted by molar-refractivity contribution is 9.10. The number of nitrogens with zero attached hydrogens (tertiary/aromatic N) is 1. The molecule has 19 heavy (non-hydrogen) atoms. The Labute approximate surface area is 129 Å². The molecule has 0 radical (unpaired) electrons. The monoisotopic (exact) mass is 350 g/mol. The Morgan fingerprint density at radius 2 is 2.05 bits per heavy atom. The van der Waals surface area contributed by atoms with E-state index in [0.717, 1.165) is 43.5 Å². The second-order valence-electron chi connectivity index (χ2n) is 4.76. The second kappa shape index (κ2) is 8.20. The van der Waals surface area contributed by atoms with E-state index in [2.05, 4.69) is 33.1 Å². The van der Waals surface area contributed by atoms with Gasteiger partial charge in [0.25, 0.3) is 0 Å². The number of benzene rings is 1. The van der Waals surface area contributed by atoms with E-state index >= 15 is 0 Å². The number of rotatable bonds is 4. The van der Waals surface area contributed by atoms with Crippen LogP contribution in [-0.2, 0) is 0 Å². The Morgan fingerprint density at radius 3 is 2.63 bits per heavy atom. The van der Waals surface area contributed by atoms with Crippen LogP contribution in [0, 0.1) is 5.82 Å². The highest BCUT2D eigenvalue weighted by Gasteiger charge is 2.23. The Hall–Kier alpha value is -0.160. The first kappa shape index (κ1) is 16.9. The summed E-state index contributed by atoms with van der Waals surface area (Å²) >= 11 is 3.50. The molecule has 1 aliphatic heterocycles. The fourth-order valence-electron chi connectivity index (χ4n) is 2.57. The van der Waals surface area contributed by atoms with Crippen LogP contribution in [0.5, 0.6) is 0 Å². The molecule has 2 nitrogen and oxygen atoms in total. The number of halogens is 3. The molecular formula is C14H21BrClFN2. The van der Waals surface area contributed by atoms with Crippen molar-refractivity contribution in [3.63, 3.8) is 0 Å². The molecular weight excluding hydrogens is 331 g/mol. The van der Waals surface area contributed by atoms with Crippen molar-refractivity contribution < 1.29 is 4.39 Å². The molecule has 1 N–H and O–H groups in total. The summed E-state index contributed by atoms with van der Waals surface area (Å²) in [4.78, 5) is 2.50. The molecule has 2 rings (SSSR count). The maximum atomic E-state index is 13.2. The Bertz CT molecular complexity index is 397. The minimum absolute atomic E-state index is 0. The summed E-state index contributed by atoms with van der Waals surface area (Å²) in [5, 5.41) is 3.37. The minimum atomic E-state index is -0.179. The molecule has 0 aromatic heterocycles. The summed E-state index contributed by atoms with van der Waals surface area (Å²) < 4.78 is 14.1. The van der Waals surface area contributed by atoms with Crippen molar-refractivity contribution in [2.45, 2.75) is 25.8 Å². The zero-order chi connectivity index (χ0) is 13.0. The van der Waals surface area contributed by atoms with Crippen LogP contribution >= 0.6 is 28.3 Å². The molecule has 1 aromatic carbocycles. The summed E-state index contributed by atoms with van der Waals surface area (Å²) in [6.07, 6.45) is 2.25. The molecule has 5 heteroatoms.